The van der Waals surface area contributed by atoms with Gasteiger partial charge in [-0.3, -0.25) is 8.78 Å². The Morgan fingerprint density at radius 3 is 2.00 bits per heavy atom. The maximum Gasteiger partial charge on any atom is 1.00 e. The fraction of sp³-hybridized carbons (Fsp3) is 0. The summed E-state index contributed by atoms with van der Waals surface area (Å²) in [5.74, 6) is -6.60. The van der Waals surface area contributed by atoms with Crippen molar-refractivity contribution in [1.29, 1.82) is 0 Å². The molecule has 0 radical (unpaired) electrons. The minimum absolute atomic E-state index is 0. The topological polar surface area (TPSA) is 0 Å². The molecule has 0 atom stereocenters. The van der Waals surface area contributed by atoms with Crippen LogP contribution in [0.5, 0.6) is 0 Å². The number of hydrogen-bond donors (Lipinski definition) is 0. The minimum Gasteiger partial charge on any atom is -0.281 e. The smallest absolute Gasteiger partial charge is 0.281 e. The van der Waals surface area contributed by atoms with E-state index in [2.05, 4.69) is 0 Å². The van der Waals surface area contributed by atoms with Gasteiger partial charge in [0.05, 0.1) is 11.6 Å². The molecule has 11 heavy (non-hydrogen) atoms. The maximum absolute atomic E-state index is 12.0. The second-order valence-corrected chi connectivity index (χ2v) is 1.58. The molecule has 0 saturated carbocycles. The molecule has 0 aliphatic heterocycles. The summed E-state index contributed by atoms with van der Waals surface area (Å²) < 4.78 is 47.8. The SMILES string of the molecule is Fc1[c-]cc(F)c(F)c1F.[Li+]. The normalized spacial score (nSPS) is 9.09. The first-order valence-corrected chi connectivity index (χ1v) is 2.33. The van der Waals surface area contributed by atoms with Gasteiger partial charge in [0.2, 0.25) is 0 Å². The molecule has 0 fully saturated rings. The van der Waals surface area contributed by atoms with Crippen LogP contribution in [0.3, 0.4) is 0 Å². The third kappa shape index (κ3) is 1.98. The molecule has 0 aliphatic carbocycles. The number of rotatable bonds is 0. The van der Waals surface area contributed by atoms with Gasteiger partial charge in [-0.25, -0.2) is 8.78 Å². The summed E-state index contributed by atoms with van der Waals surface area (Å²) in [6.07, 6.45) is 0. The van der Waals surface area contributed by atoms with Crippen LogP contribution in [0.4, 0.5) is 17.6 Å². The quantitative estimate of drug-likeness (QED) is 0.149. The summed E-state index contributed by atoms with van der Waals surface area (Å²) in [5, 5.41) is 0. The standard InChI is InChI=1S/C6HF4.Li/c7-3-1-2-4(8)6(10)5(3)9;/h1H;/q-1;+1. The van der Waals surface area contributed by atoms with Gasteiger partial charge in [0.25, 0.3) is 0 Å². The van der Waals surface area contributed by atoms with Crippen molar-refractivity contribution in [3.05, 3.63) is 35.4 Å². The first kappa shape index (κ1) is 10.5. The molecule has 0 nitrogen and oxygen atoms in total. The van der Waals surface area contributed by atoms with Crippen LogP contribution in [0.15, 0.2) is 6.07 Å². The Morgan fingerprint density at radius 1 is 1.00 bits per heavy atom. The molecule has 0 aliphatic rings. The van der Waals surface area contributed by atoms with Gasteiger partial charge in [-0.05, 0) is 0 Å². The van der Waals surface area contributed by atoms with Crippen molar-refractivity contribution in [3.63, 3.8) is 0 Å². The van der Waals surface area contributed by atoms with E-state index < -0.39 is 23.3 Å². The molecule has 0 heterocycles. The van der Waals surface area contributed by atoms with Crippen molar-refractivity contribution in [2.45, 2.75) is 0 Å². The molecule has 1 rings (SSSR count). The van der Waals surface area contributed by atoms with Crippen LogP contribution >= 0.6 is 0 Å². The van der Waals surface area contributed by atoms with Crippen molar-refractivity contribution >= 4 is 0 Å². The van der Waals surface area contributed by atoms with Crippen LogP contribution in [0.2, 0.25) is 0 Å². The van der Waals surface area contributed by atoms with E-state index in [4.69, 9.17) is 0 Å². The maximum atomic E-state index is 12.0. The predicted molar refractivity (Wildman–Crippen MR) is 25.1 cm³/mol. The molecule has 1 aromatic rings. The van der Waals surface area contributed by atoms with Crippen LogP contribution in [0.25, 0.3) is 0 Å². The van der Waals surface area contributed by atoms with E-state index in [9.17, 15) is 17.6 Å². The van der Waals surface area contributed by atoms with Crippen molar-refractivity contribution in [3.8, 4) is 0 Å². The third-order valence-electron chi connectivity index (χ3n) is 0.921. The van der Waals surface area contributed by atoms with E-state index in [0.717, 1.165) is 0 Å². The molecule has 0 bridgehead atoms. The van der Waals surface area contributed by atoms with Crippen LogP contribution in [-0.4, -0.2) is 0 Å². The van der Waals surface area contributed by atoms with Crippen molar-refractivity contribution in [1.82, 2.24) is 0 Å². The Labute approximate surface area is 72.4 Å². The predicted octanol–water partition coefficient (Wildman–Crippen LogP) is -0.953. The average molecular weight is 156 g/mol. The number of benzene rings is 1. The zero-order valence-electron chi connectivity index (χ0n) is 5.59. The molecule has 54 valence electrons. The van der Waals surface area contributed by atoms with E-state index in [0.29, 0.717) is 6.07 Å². The van der Waals surface area contributed by atoms with Crippen molar-refractivity contribution < 1.29 is 36.4 Å². The molecular weight excluding hydrogens is 155 g/mol. The Kier molecular flexibility index (Phi) is 3.63. The zero-order valence-corrected chi connectivity index (χ0v) is 5.59. The average Bonchev–Trinajstić information content (AvgIpc) is 1.93. The Morgan fingerprint density at radius 2 is 1.55 bits per heavy atom. The van der Waals surface area contributed by atoms with E-state index in [-0.39, 0.29) is 18.9 Å². The molecule has 0 spiro atoms. The molecule has 0 N–H and O–H groups in total. The molecule has 0 unspecified atom stereocenters. The van der Waals surface area contributed by atoms with Gasteiger partial charge in [0.1, 0.15) is 0 Å². The van der Waals surface area contributed by atoms with Gasteiger partial charge >= 0.3 is 18.9 Å². The summed E-state index contributed by atoms with van der Waals surface area (Å²) >= 11 is 0. The first-order chi connectivity index (χ1) is 4.63. The zero-order chi connectivity index (χ0) is 7.72. The molecule has 0 amide bonds. The van der Waals surface area contributed by atoms with E-state index in [1.165, 1.54) is 0 Å². The summed E-state index contributed by atoms with van der Waals surface area (Å²) in [6.45, 7) is 0. The third-order valence-corrected chi connectivity index (χ3v) is 0.921. The second-order valence-electron chi connectivity index (χ2n) is 1.58. The van der Waals surface area contributed by atoms with Gasteiger partial charge in [0, 0.05) is 11.6 Å². The van der Waals surface area contributed by atoms with Crippen molar-refractivity contribution in [2.24, 2.45) is 0 Å². The van der Waals surface area contributed by atoms with Crippen LogP contribution in [0, 0.1) is 29.3 Å². The second kappa shape index (κ2) is 3.79. The Balaban J connectivity index is 0.000001000. The summed E-state index contributed by atoms with van der Waals surface area (Å²) in [4.78, 5) is 0. The van der Waals surface area contributed by atoms with Crippen LogP contribution in [-0.2, 0) is 0 Å². The van der Waals surface area contributed by atoms with E-state index in [1.54, 1.807) is 6.07 Å². The molecule has 0 saturated heterocycles. The van der Waals surface area contributed by atoms with Crippen molar-refractivity contribution in [2.75, 3.05) is 0 Å². The van der Waals surface area contributed by atoms with Gasteiger partial charge in [0.15, 0.2) is 0 Å². The molecule has 0 aromatic heterocycles. The number of halogens is 4. The Hall–Kier alpha value is -0.463. The summed E-state index contributed by atoms with van der Waals surface area (Å²) in [5.41, 5.74) is 0. The van der Waals surface area contributed by atoms with Crippen LogP contribution in [0.1, 0.15) is 0 Å². The van der Waals surface area contributed by atoms with Gasteiger partial charge in [-0.1, -0.05) is 0 Å². The molecule has 1 aromatic carbocycles. The fourth-order valence-corrected chi connectivity index (χ4v) is 0.455. The minimum atomic E-state index is -1.83. The fourth-order valence-electron chi connectivity index (χ4n) is 0.455. The number of hydrogen-bond acceptors (Lipinski definition) is 0. The van der Waals surface area contributed by atoms with Crippen LogP contribution < -0.4 is 18.9 Å². The van der Waals surface area contributed by atoms with E-state index >= 15 is 0 Å². The molecule has 5 heteroatoms. The molecular formula is C6HF4Li. The largest absolute Gasteiger partial charge is 1.00 e. The first-order valence-electron chi connectivity index (χ1n) is 2.33. The monoisotopic (exact) mass is 156 g/mol. The summed E-state index contributed by atoms with van der Waals surface area (Å²) in [6, 6.07) is 1.95. The van der Waals surface area contributed by atoms with Gasteiger partial charge < -0.3 is 0 Å². The van der Waals surface area contributed by atoms with Gasteiger partial charge in [-0.15, -0.1) is 12.1 Å². The summed E-state index contributed by atoms with van der Waals surface area (Å²) in [7, 11) is 0. The Bertz CT molecular complexity index is 234. The van der Waals surface area contributed by atoms with Gasteiger partial charge in [-0.2, -0.15) is 0 Å². The van der Waals surface area contributed by atoms with E-state index in [1.807, 2.05) is 0 Å².